The Balaban J connectivity index is 2.14. The number of aryl methyl sites for hydroxylation is 2. The summed E-state index contributed by atoms with van der Waals surface area (Å²) in [6.07, 6.45) is 0. The van der Waals surface area contributed by atoms with Gasteiger partial charge in [-0.05, 0) is 55.7 Å². The lowest BCUT2D eigenvalue weighted by Gasteiger charge is -2.18. The molecule has 2 aromatic carbocycles. The quantitative estimate of drug-likeness (QED) is 0.761. The third-order valence-electron chi connectivity index (χ3n) is 3.86. The zero-order chi connectivity index (χ0) is 17.7. The third kappa shape index (κ3) is 4.32. The van der Waals surface area contributed by atoms with Gasteiger partial charge in [0, 0.05) is 23.8 Å². The van der Waals surface area contributed by atoms with E-state index in [0.29, 0.717) is 16.7 Å². The van der Waals surface area contributed by atoms with Crippen molar-refractivity contribution in [3.63, 3.8) is 0 Å². The van der Waals surface area contributed by atoms with Crippen LogP contribution in [-0.2, 0) is 0 Å². The van der Waals surface area contributed by atoms with Gasteiger partial charge in [-0.15, -0.1) is 0 Å². The van der Waals surface area contributed by atoms with Gasteiger partial charge in [0.05, 0.1) is 6.61 Å². The zero-order valence-electron chi connectivity index (χ0n) is 14.2. The van der Waals surface area contributed by atoms with Crippen LogP contribution in [0.15, 0.2) is 36.4 Å². The average Bonchev–Trinajstić information content (AvgIpc) is 2.57. The Morgan fingerprint density at radius 2 is 1.88 bits per heavy atom. The molecule has 0 saturated heterocycles. The first-order valence-corrected chi connectivity index (χ1v) is 7.94. The predicted molar refractivity (Wildman–Crippen MR) is 93.8 cm³/mol. The van der Waals surface area contributed by atoms with Crippen molar-refractivity contribution < 1.29 is 14.3 Å². The molecule has 0 aliphatic carbocycles. The summed E-state index contributed by atoms with van der Waals surface area (Å²) in [5.74, 6) is -0.401. The lowest BCUT2D eigenvalue weighted by Crippen LogP contribution is -2.26. The van der Waals surface area contributed by atoms with Gasteiger partial charge in [0.1, 0.15) is 5.82 Å². The van der Waals surface area contributed by atoms with E-state index in [0.717, 1.165) is 11.3 Å². The molecule has 0 aliphatic rings. The fourth-order valence-electron chi connectivity index (χ4n) is 2.58. The molecular formula is C19H23FN2O2. The molecule has 0 aromatic heterocycles. The number of carbonyl (C=O) groups is 1. The number of hydrogen-bond donors (Lipinski definition) is 3. The van der Waals surface area contributed by atoms with Crippen molar-refractivity contribution in [2.45, 2.75) is 26.8 Å². The Morgan fingerprint density at radius 1 is 1.21 bits per heavy atom. The number of benzene rings is 2. The van der Waals surface area contributed by atoms with Crippen molar-refractivity contribution in [2.75, 3.05) is 18.5 Å². The highest BCUT2D eigenvalue weighted by Gasteiger charge is 2.11. The second-order valence-corrected chi connectivity index (χ2v) is 5.90. The van der Waals surface area contributed by atoms with Crippen LogP contribution in [-0.4, -0.2) is 24.2 Å². The Morgan fingerprint density at radius 3 is 2.50 bits per heavy atom. The molecule has 128 valence electrons. The maximum atomic E-state index is 13.8. The van der Waals surface area contributed by atoms with Gasteiger partial charge in [0.2, 0.25) is 0 Å². The number of halogens is 1. The second-order valence-electron chi connectivity index (χ2n) is 5.90. The highest BCUT2D eigenvalue weighted by molar-refractivity contribution is 5.95. The minimum Gasteiger partial charge on any atom is -0.395 e. The van der Waals surface area contributed by atoms with E-state index in [-0.39, 0.29) is 30.9 Å². The predicted octanol–water partition coefficient (Wildman–Crippen LogP) is 3.34. The van der Waals surface area contributed by atoms with Gasteiger partial charge in [0.25, 0.3) is 5.91 Å². The first-order chi connectivity index (χ1) is 11.4. The molecule has 0 aliphatic heterocycles. The highest BCUT2D eigenvalue weighted by Crippen LogP contribution is 2.24. The Kier molecular flexibility index (Phi) is 5.93. The summed E-state index contributed by atoms with van der Waals surface area (Å²) in [5, 5.41) is 14.7. The van der Waals surface area contributed by atoms with Crippen molar-refractivity contribution in [2.24, 2.45) is 0 Å². The molecule has 0 saturated carbocycles. The monoisotopic (exact) mass is 330 g/mol. The van der Waals surface area contributed by atoms with Crippen LogP contribution in [0.25, 0.3) is 0 Å². The maximum Gasteiger partial charge on any atom is 0.251 e. The topological polar surface area (TPSA) is 61.4 Å². The standard InChI is InChI=1S/C19H23FN2O2/c1-12-9-16(10-13(2)18(12)20)14(3)22-17-6-4-5-15(11-17)19(24)21-7-8-23/h4-6,9-11,14,22-23H,7-8H2,1-3H3,(H,21,24). The van der Waals surface area contributed by atoms with Gasteiger partial charge in [-0.2, -0.15) is 0 Å². The van der Waals surface area contributed by atoms with Crippen LogP contribution in [0.5, 0.6) is 0 Å². The first kappa shape index (κ1) is 17.9. The molecule has 1 unspecified atom stereocenters. The van der Waals surface area contributed by atoms with Gasteiger partial charge < -0.3 is 15.7 Å². The van der Waals surface area contributed by atoms with E-state index in [1.807, 2.05) is 25.1 Å². The molecule has 0 radical (unpaired) electrons. The smallest absolute Gasteiger partial charge is 0.251 e. The summed E-state index contributed by atoms with van der Waals surface area (Å²) in [5.41, 5.74) is 3.55. The number of rotatable bonds is 6. The van der Waals surface area contributed by atoms with Crippen molar-refractivity contribution in [3.8, 4) is 0 Å². The third-order valence-corrected chi connectivity index (χ3v) is 3.86. The fraction of sp³-hybridized carbons (Fsp3) is 0.316. The van der Waals surface area contributed by atoms with Crippen molar-refractivity contribution in [1.82, 2.24) is 5.32 Å². The molecule has 5 heteroatoms. The Bertz CT molecular complexity index is 708. The van der Waals surface area contributed by atoms with Crippen LogP contribution in [0.1, 0.15) is 40.0 Å². The van der Waals surface area contributed by atoms with Gasteiger partial charge in [-0.3, -0.25) is 4.79 Å². The largest absolute Gasteiger partial charge is 0.395 e. The van der Waals surface area contributed by atoms with E-state index in [1.165, 1.54) is 0 Å². The van der Waals surface area contributed by atoms with E-state index in [4.69, 9.17) is 5.11 Å². The molecule has 1 atom stereocenters. The van der Waals surface area contributed by atoms with E-state index >= 15 is 0 Å². The second kappa shape index (κ2) is 7.93. The van der Waals surface area contributed by atoms with Gasteiger partial charge in [-0.25, -0.2) is 4.39 Å². The molecule has 4 nitrogen and oxygen atoms in total. The van der Waals surface area contributed by atoms with Gasteiger partial charge in [0.15, 0.2) is 0 Å². The maximum absolute atomic E-state index is 13.8. The molecule has 0 heterocycles. The van der Waals surface area contributed by atoms with Gasteiger partial charge in [-0.1, -0.05) is 18.2 Å². The van der Waals surface area contributed by atoms with Crippen LogP contribution in [0.4, 0.5) is 10.1 Å². The van der Waals surface area contributed by atoms with Crippen molar-refractivity contribution >= 4 is 11.6 Å². The first-order valence-electron chi connectivity index (χ1n) is 7.94. The number of nitrogens with one attached hydrogen (secondary N) is 2. The van der Waals surface area contributed by atoms with E-state index in [9.17, 15) is 9.18 Å². The van der Waals surface area contributed by atoms with Gasteiger partial charge >= 0.3 is 0 Å². The average molecular weight is 330 g/mol. The summed E-state index contributed by atoms with van der Waals surface area (Å²) >= 11 is 0. The fourth-order valence-corrected chi connectivity index (χ4v) is 2.58. The van der Waals surface area contributed by atoms with Crippen molar-refractivity contribution in [1.29, 1.82) is 0 Å². The number of anilines is 1. The summed E-state index contributed by atoms with van der Waals surface area (Å²) in [6.45, 7) is 5.63. The molecule has 0 spiro atoms. The van der Waals surface area contributed by atoms with Crippen LogP contribution in [0.3, 0.4) is 0 Å². The van der Waals surface area contributed by atoms with E-state index in [2.05, 4.69) is 10.6 Å². The van der Waals surface area contributed by atoms with Crippen LogP contribution in [0, 0.1) is 19.7 Å². The Hall–Kier alpha value is -2.40. The number of carbonyl (C=O) groups excluding carboxylic acids is 1. The van der Waals surface area contributed by atoms with Crippen LogP contribution >= 0.6 is 0 Å². The Labute approximate surface area is 141 Å². The number of aliphatic hydroxyl groups excluding tert-OH is 1. The lowest BCUT2D eigenvalue weighted by atomic mass is 10.0. The molecule has 0 fully saturated rings. The summed E-state index contributed by atoms with van der Waals surface area (Å²) < 4.78 is 13.8. The SMILES string of the molecule is Cc1cc(C(C)Nc2cccc(C(=O)NCCO)c2)cc(C)c1F. The zero-order valence-corrected chi connectivity index (χ0v) is 14.2. The minimum atomic E-state index is -0.228. The molecule has 3 N–H and O–H groups in total. The summed E-state index contributed by atoms with van der Waals surface area (Å²) in [7, 11) is 0. The van der Waals surface area contributed by atoms with Crippen molar-refractivity contribution in [3.05, 3.63) is 64.5 Å². The number of hydrogen-bond acceptors (Lipinski definition) is 3. The summed E-state index contributed by atoms with van der Waals surface area (Å²) in [6, 6.07) is 10.8. The number of amides is 1. The molecule has 24 heavy (non-hydrogen) atoms. The molecular weight excluding hydrogens is 307 g/mol. The molecule has 2 aromatic rings. The number of aliphatic hydroxyl groups is 1. The normalized spacial score (nSPS) is 11.9. The van der Waals surface area contributed by atoms with E-state index in [1.54, 1.807) is 32.0 Å². The van der Waals surface area contributed by atoms with Crippen LogP contribution < -0.4 is 10.6 Å². The summed E-state index contributed by atoms with van der Waals surface area (Å²) in [4.78, 5) is 11.9. The highest BCUT2D eigenvalue weighted by atomic mass is 19.1. The van der Waals surface area contributed by atoms with Crippen LogP contribution in [0.2, 0.25) is 0 Å². The lowest BCUT2D eigenvalue weighted by molar-refractivity contribution is 0.0945. The molecule has 0 bridgehead atoms. The van der Waals surface area contributed by atoms with E-state index < -0.39 is 0 Å². The minimum absolute atomic E-state index is 0.0289. The molecule has 2 rings (SSSR count). The molecule has 1 amide bonds.